The van der Waals surface area contributed by atoms with Gasteiger partial charge in [-0.3, -0.25) is 4.79 Å². The Balaban J connectivity index is 1.82. The minimum atomic E-state index is -0.0370. The molecule has 1 N–H and O–H groups in total. The molecule has 0 radical (unpaired) electrons. The minimum Gasteiger partial charge on any atom is -0.467 e. The van der Waals surface area contributed by atoms with Crippen LogP contribution in [0.1, 0.15) is 38.1 Å². The third-order valence-corrected chi connectivity index (χ3v) is 5.43. The molecule has 1 saturated heterocycles. The molecule has 0 bridgehead atoms. The Morgan fingerprint density at radius 1 is 1.32 bits per heavy atom. The standard InChI is InChI=1S/C17H23N5O2S/c1-11(25-3)16(23)22-7-5-4-6-14(22)15-18-10-13(21-15)12-8-19-17(24-2)20-9-12/h8-11,14H,4-7H2,1-3H3,(H,18,21). The summed E-state index contributed by atoms with van der Waals surface area (Å²) in [5.41, 5.74) is 1.68. The van der Waals surface area contributed by atoms with Crippen LogP contribution in [-0.4, -0.2) is 55.9 Å². The number of carbonyl (C=O) groups excluding carboxylic acids is 1. The lowest BCUT2D eigenvalue weighted by Crippen LogP contribution is -2.42. The van der Waals surface area contributed by atoms with E-state index in [1.54, 1.807) is 30.4 Å². The smallest absolute Gasteiger partial charge is 0.316 e. The molecule has 25 heavy (non-hydrogen) atoms. The number of aromatic amines is 1. The van der Waals surface area contributed by atoms with E-state index in [1.165, 1.54) is 7.11 Å². The molecule has 3 rings (SSSR count). The van der Waals surface area contributed by atoms with E-state index < -0.39 is 0 Å². The zero-order valence-corrected chi connectivity index (χ0v) is 15.5. The van der Waals surface area contributed by atoms with Crippen LogP contribution in [0.5, 0.6) is 6.01 Å². The highest BCUT2D eigenvalue weighted by Crippen LogP contribution is 2.32. The van der Waals surface area contributed by atoms with Gasteiger partial charge in [-0.05, 0) is 32.4 Å². The molecule has 134 valence electrons. The Labute approximate surface area is 151 Å². The van der Waals surface area contributed by atoms with E-state index in [1.807, 2.05) is 18.1 Å². The van der Waals surface area contributed by atoms with Gasteiger partial charge in [0.15, 0.2) is 0 Å². The van der Waals surface area contributed by atoms with Gasteiger partial charge in [-0.25, -0.2) is 15.0 Å². The summed E-state index contributed by atoms with van der Waals surface area (Å²) in [7, 11) is 1.54. The molecule has 2 atom stereocenters. The second-order valence-electron chi connectivity index (χ2n) is 6.06. The van der Waals surface area contributed by atoms with Crippen LogP contribution >= 0.6 is 11.8 Å². The number of imidazole rings is 1. The van der Waals surface area contributed by atoms with Gasteiger partial charge in [-0.1, -0.05) is 0 Å². The second-order valence-corrected chi connectivity index (χ2v) is 7.24. The molecular formula is C17H23N5O2S. The van der Waals surface area contributed by atoms with Crippen molar-refractivity contribution in [3.8, 4) is 17.3 Å². The predicted octanol–water partition coefficient (Wildman–Crippen LogP) is 2.68. The summed E-state index contributed by atoms with van der Waals surface area (Å²) in [5, 5.41) is -0.0370. The van der Waals surface area contributed by atoms with Crippen molar-refractivity contribution in [3.05, 3.63) is 24.4 Å². The topological polar surface area (TPSA) is 84.0 Å². The number of H-pyrrole nitrogens is 1. The summed E-state index contributed by atoms with van der Waals surface area (Å²) in [5.74, 6) is 1.01. The number of rotatable bonds is 5. The zero-order valence-electron chi connectivity index (χ0n) is 14.7. The van der Waals surface area contributed by atoms with Gasteiger partial charge in [0.1, 0.15) is 5.82 Å². The highest BCUT2D eigenvalue weighted by Gasteiger charge is 2.32. The summed E-state index contributed by atoms with van der Waals surface area (Å²) in [6, 6.07) is 0.336. The van der Waals surface area contributed by atoms with Gasteiger partial charge in [-0.15, -0.1) is 0 Å². The number of likely N-dealkylation sites (tertiary alicyclic amines) is 1. The van der Waals surface area contributed by atoms with Crippen LogP contribution in [0.4, 0.5) is 0 Å². The van der Waals surface area contributed by atoms with Crippen LogP contribution in [0, 0.1) is 0 Å². The maximum Gasteiger partial charge on any atom is 0.316 e. The van der Waals surface area contributed by atoms with Crippen molar-refractivity contribution in [1.29, 1.82) is 0 Å². The van der Waals surface area contributed by atoms with Crippen LogP contribution in [-0.2, 0) is 4.79 Å². The van der Waals surface area contributed by atoms with Crippen molar-refractivity contribution in [1.82, 2.24) is 24.8 Å². The number of hydrogen-bond donors (Lipinski definition) is 1. The normalized spacial score (nSPS) is 18.8. The Morgan fingerprint density at radius 2 is 2.08 bits per heavy atom. The van der Waals surface area contributed by atoms with E-state index in [2.05, 4.69) is 19.9 Å². The van der Waals surface area contributed by atoms with Crippen LogP contribution < -0.4 is 4.74 Å². The lowest BCUT2D eigenvalue weighted by Gasteiger charge is -2.36. The molecule has 2 unspecified atom stereocenters. The molecule has 2 aromatic rings. The van der Waals surface area contributed by atoms with Crippen LogP contribution in [0.2, 0.25) is 0 Å². The number of nitrogens with one attached hydrogen (secondary N) is 1. The van der Waals surface area contributed by atoms with E-state index in [4.69, 9.17) is 4.74 Å². The first kappa shape index (κ1) is 17.7. The minimum absolute atomic E-state index is 0.00349. The van der Waals surface area contributed by atoms with Gasteiger partial charge >= 0.3 is 6.01 Å². The highest BCUT2D eigenvalue weighted by molar-refractivity contribution is 7.99. The lowest BCUT2D eigenvalue weighted by atomic mass is 10.0. The number of amides is 1. The molecule has 8 heteroatoms. The van der Waals surface area contributed by atoms with Gasteiger partial charge in [0.2, 0.25) is 5.91 Å². The third-order valence-electron chi connectivity index (χ3n) is 4.52. The number of hydrogen-bond acceptors (Lipinski definition) is 6. The maximum atomic E-state index is 12.7. The molecule has 0 aromatic carbocycles. The number of thioether (sulfide) groups is 1. The van der Waals surface area contributed by atoms with E-state index in [0.29, 0.717) is 6.01 Å². The summed E-state index contributed by atoms with van der Waals surface area (Å²) < 4.78 is 4.98. The zero-order chi connectivity index (χ0) is 17.8. The predicted molar refractivity (Wildman–Crippen MR) is 97.4 cm³/mol. The Kier molecular flexibility index (Phi) is 5.57. The molecular weight excluding hydrogens is 338 g/mol. The van der Waals surface area contributed by atoms with Gasteiger partial charge in [0.25, 0.3) is 0 Å². The average molecular weight is 361 g/mol. The van der Waals surface area contributed by atoms with Crippen LogP contribution in [0.15, 0.2) is 18.6 Å². The molecule has 1 aliphatic rings. The highest BCUT2D eigenvalue weighted by atomic mass is 32.2. The van der Waals surface area contributed by atoms with Gasteiger partial charge in [-0.2, -0.15) is 11.8 Å². The average Bonchev–Trinajstić information content (AvgIpc) is 3.17. The number of ether oxygens (including phenoxy) is 1. The monoisotopic (exact) mass is 361 g/mol. The quantitative estimate of drug-likeness (QED) is 0.881. The Morgan fingerprint density at radius 3 is 2.76 bits per heavy atom. The SMILES string of the molecule is COc1ncc(-c2cnc(C3CCCCN3C(=O)C(C)SC)[nH]2)cn1. The first-order chi connectivity index (χ1) is 12.1. The number of nitrogens with zero attached hydrogens (tertiary/aromatic N) is 4. The number of carbonyl (C=O) groups is 1. The largest absolute Gasteiger partial charge is 0.467 e. The summed E-state index contributed by atoms with van der Waals surface area (Å²) in [4.78, 5) is 30.8. The first-order valence-electron chi connectivity index (χ1n) is 8.38. The van der Waals surface area contributed by atoms with E-state index in [-0.39, 0.29) is 17.2 Å². The van der Waals surface area contributed by atoms with Gasteiger partial charge < -0.3 is 14.6 Å². The summed E-state index contributed by atoms with van der Waals surface area (Å²) in [6.45, 7) is 2.75. The summed E-state index contributed by atoms with van der Waals surface area (Å²) >= 11 is 1.58. The van der Waals surface area contributed by atoms with E-state index in [0.717, 1.165) is 42.9 Å². The molecule has 1 fully saturated rings. The number of aromatic nitrogens is 4. The van der Waals surface area contributed by atoms with Crippen molar-refractivity contribution in [2.45, 2.75) is 37.5 Å². The molecule has 2 aromatic heterocycles. The maximum absolute atomic E-state index is 12.7. The Bertz CT molecular complexity index is 718. The number of piperidine rings is 1. The Hall–Kier alpha value is -2.09. The molecule has 7 nitrogen and oxygen atoms in total. The molecule has 3 heterocycles. The third kappa shape index (κ3) is 3.78. The van der Waals surface area contributed by atoms with Crippen molar-refractivity contribution in [2.24, 2.45) is 0 Å². The van der Waals surface area contributed by atoms with E-state index in [9.17, 15) is 4.79 Å². The van der Waals surface area contributed by atoms with Crippen LogP contribution in [0.25, 0.3) is 11.3 Å². The molecule has 0 saturated carbocycles. The number of methoxy groups -OCH3 is 1. The van der Waals surface area contributed by atoms with E-state index >= 15 is 0 Å². The molecule has 0 aliphatic carbocycles. The van der Waals surface area contributed by atoms with Gasteiger partial charge in [0, 0.05) is 24.5 Å². The summed E-state index contributed by atoms with van der Waals surface area (Å²) in [6.07, 6.45) is 10.2. The second kappa shape index (κ2) is 7.86. The van der Waals surface area contributed by atoms with Crippen molar-refractivity contribution >= 4 is 17.7 Å². The van der Waals surface area contributed by atoms with Gasteiger partial charge in [0.05, 0.1) is 30.3 Å². The van der Waals surface area contributed by atoms with Crippen molar-refractivity contribution in [2.75, 3.05) is 19.9 Å². The van der Waals surface area contributed by atoms with Crippen molar-refractivity contribution < 1.29 is 9.53 Å². The van der Waals surface area contributed by atoms with Crippen LogP contribution in [0.3, 0.4) is 0 Å². The first-order valence-corrected chi connectivity index (χ1v) is 9.67. The molecule has 1 aliphatic heterocycles. The fraction of sp³-hybridized carbons (Fsp3) is 0.529. The lowest BCUT2D eigenvalue weighted by molar-refractivity contribution is -0.134. The van der Waals surface area contributed by atoms with Crippen molar-refractivity contribution in [3.63, 3.8) is 0 Å². The molecule has 0 spiro atoms. The molecule has 1 amide bonds. The fourth-order valence-electron chi connectivity index (χ4n) is 3.03. The fourth-order valence-corrected chi connectivity index (χ4v) is 3.36.